The Morgan fingerprint density at radius 3 is 2.94 bits per heavy atom. The molecule has 0 spiro atoms. The van der Waals surface area contributed by atoms with Crippen LogP contribution in [0, 0.1) is 0 Å². The van der Waals surface area contributed by atoms with Gasteiger partial charge in [0.05, 0.1) is 12.1 Å². The Bertz CT molecular complexity index is 501. The van der Waals surface area contributed by atoms with Gasteiger partial charge in [0.25, 0.3) is 0 Å². The number of oxime groups is 1. The Morgan fingerprint density at radius 2 is 2.18 bits per heavy atom. The van der Waals surface area contributed by atoms with Crippen molar-refractivity contribution in [2.24, 2.45) is 5.16 Å². The van der Waals surface area contributed by atoms with Crippen LogP contribution in [0.1, 0.15) is 6.92 Å². The van der Waals surface area contributed by atoms with Crippen molar-refractivity contribution in [2.75, 3.05) is 13.2 Å². The summed E-state index contributed by atoms with van der Waals surface area (Å²) in [6.07, 6.45) is 3.45. The molecule has 1 aliphatic rings. The Labute approximate surface area is 99.5 Å². The number of nitrogens with zero attached hydrogens (tertiary/aromatic N) is 2. The van der Waals surface area contributed by atoms with E-state index in [-0.39, 0.29) is 13.2 Å². The number of aromatic nitrogens is 1. The van der Waals surface area contributed by atoms with Crippen LogP contribution in [0.4, 0.5) is 0 Å². The first-order chi connectivity index (χ1) is 8.35. The Balaban J connectivity index is 0.000000139. The molecule has 0 unspecified atom stereocenters. The van der Waals surface area contributed by atoms with Crippen LogP contribution in [-0.2, 0) is 4.84 Å². The number of pyridine rings is 1. The number of aliphatic hydroxyl groups excluding tert-OH is 1. The van der Waals surface area contributed by atoms with Crippen molar-refractivity contribution in [1.82, 2.24) is 4.98 Å². The molecule has 0 aliphatic heterocycles. The van der Waals surface area contributed by atoms with Crippen molar-refractivity contribution in [3.05, 3.63) is 30.5 Å². The average molecular weight is 230 g/mol. The lowest BCUT2D eigenvalue weighted by molar-refractivity contribution is 0.0995. The molecule has 3 bridgehead atoms. The fraction of sp³-hybridized carbons (Fsp3) is 0.231. The van der Waals surface area contributed by atoms with Crippen LogP contribution in [-0.4, -0.2) is 29.5 Å². The first kappa shape index (κ1) is 11.5. The topological polar surface area (TPSA) is 54.7 Å². The number of benzene rings is 1. The summed E-state index contributed by atoms with van der Waals surface area (Å²) in [5.74, 6) is 0. The number of fused-ring (bicyclic) bond motifs is 3. The third-order valence-electron chi connectivity index (χ3n) is 2.38. The fourth-order valence-corrected chi connectivity index (χ4v) is 1.64. The minimum absolute atomic E-state index is 0.0251. The van der Waals surface area contributed by atoms with Crippen LogP contribution in [0.3, 0.4) is 0 Å². The van der Waals surface area contributed by atoms with Crippen molar-refractivity contribution in [2.45, 2.75) is 6.92 Å². The molecule has 1 N–H and O–H groups in total. The largest absolute Gasteiger partial charge is 0.394 e. The van der Waals surface area contributed by atoms with E-state index in [1.165, 1.54) is 22.7 Å². The average Bonchev–Trinajstić information content (AvgIpc) is 2.52. The van der Waals surface area contributed by atoms with Crippen molar-refractivity contribution >= 4 is 17.1 Å². The van der Waals surface area contributed by atoms with Gasteiger partial charge in [-0.2, -0.15) is 0 Å². The summed E-state index contributed by atoms with van der Waals surface area (Å²) >= 11 is 0. The Morgan fingerprint density at radius 1 is 1.35 bits per heavy atom. The molecule has 0 atom stereocenters. The monoisotopic (exact) mass is 230 g/mol. The van der Waals surface area contributed by atoms with E-state index in [4.69, 9.17) is 5.11 Å². The van der Waals surface area contributed by atoms with E-state index in [0.717, 1.165) is 5.52 Å². The molecule has 4 heteroatoms. The minimum atomic E-state index is 0.0251. The van der Waals surface area contributed by atoms with Gasteiger partial charge in [-0.1, -0.05) is 11.2 Å². The van der Waals surface area contributed by atoms with Gasteiger partial charge in [-0.25, -0.2) is 0 Å². The number of aliphatic hydroxyl groups is 1. The van der Waals surface area contributed by atoms with Crippen LogP contribution < -0.4 is 0 Å². The quantitative estimate of drug-likeness (QED) is 0.426. The highest BCUT2D eigenvalue weighted by atomic mass is 16.6. The van der Waals surface area contributed by atoms with Gasteiger partial charge < -0.3 is 9.94 Å². The summed E-state index contributed by atoms with van der Waals surface area (Å²) in [7, 11) is 0. The lowest BCUT2D eigenvalue weighted by Crippen LogP contribution is -1.92. The molecule has 4 nitrogen and oxygen atoms in total. The molecule has 88 valence electrons. The third-order valence-corrected chi connectivity index (χ3v) is 2.38. The molecule has 1 heterocycles. The minimum Gasteiger partial charge on any atom is -0.394 e. The third kappa shape index (κ3) is 2.60. The van der Waals surface area contributed by atoms with E-state index in [1.54, 1.807) is 6.92 Å². The molecule has 1 aromatic heterocycles. The lowest BCUT2D eigenvalue weighted by atomic mass is 10.2. The fourth-order valence-electron chi connectivity index (χ4n) is 1.64. The van der Waals surface area contributed by atoms with Gasteiger partial charge in [0.15, 0.2) is 0 Å². The summed E-state index contributed by atoms with van der Waals surface area (Å²) in [5, 5.41) is 12.7. The highest BCUT2D eigenvalue weighted by molar-refractivity contribution is 5.92. The predicted molar refractivity (Wildman–Crippen MR) is 67.9 cm³/mol. The smallest absolute Gasteiger partial charge is 0.140 e. The van der Waals surface area contributed by atoms with Gasteiger partial charge in [-0.3, -0.25) is 4.98 Å². The zero-order chi connectivity index (χ0) is 12.1. The second-order valence-corrected chi connectivity index (χ2v) is 3.55. The van der Waals surface area contributed by atoms with Crippen molar-refractivity contribution in [3.8, 4) is 11.1 Å². The standard InChI is InChI=1S/C9H5N.C4H9NO2/c1-2-9-7-3-6(1)8(4-7)5-10-9;1-2-5-7-4-3-6/h1-5H;2,6H,3-4H2,1H3. The molecule has 0 fully saturated rings. The van der Waals surface area contributed by atoms with Gasteiger partial charge in [0.1, 0.15) is 6.61 Å². The molecule has 0 radical (unpaired) electrons. The Kier molecular flexibility index (Phi) is 3.67. The van der Waals surface area contributed by atoms with Crippen molar-refractivity contribution < 1.29 is 9.94 Å². The van der Waals surface area contributed by atoms with Crippen LogP contribution >= 0.6 is 0 Å². The maximum Gasteiger partial charge on any atom is 0.140 e. The van der Waals surface area contributed by atoms with Gasteiger partial charge in [-0.15, -0.1) is 0 Å². The van der Waals surface area contributed by atoms with E-state index in [9.17, 15) is 0 Å². The summed E-state index contributed by atoms with van der Waals surface area (Å²) in [6, 6.07) is 8.54. The van der Waals surface area contributed by atoms with Gasteiger partial charge >= 0.3 is 0 Å². The van der Waals surface area contributed by atoms with Gasteiger partial charge in [0, 0.05) is 23.4 Å². The highest BCUT2D eigenvalue weighted by Gasteiger charge is 2.07. The molecule has 2 aromatic rings. The van der Waals surface area contributed by atoms with E-state index in [2.05, 4.69) is 39.2 Å². The molecule has 0 saturated carbocycles. The van der Waals surface area contributed by atoms with Gasteiger partial charge in [-0.05, 0) is 30.7 Å². The highest BCUT2D eigenvalue weighted by Crippen LogP contribution is 2.31. The Hall–Kier alpha value is -1.94. The van der Waals surface area contributed by atoms with Crippen LogP contribution in [0.15, 0.2) is 35.6 Å². The predicted octanol–water partition coefficient (Wildman–Crippen LogP) is 2.22. The maximum absolute atomic E-state index is 8.09. The van der Waals surface area contributed by atoms with E-state index >= 15 is 0 Å². The number of hydrogen-bond donors (Lipinski definition) is 1. The molecular formula is C13H14N2O2. The zero-order valence-corrected chi connectivity index (χ0v) is 9.63. The summed E-state index contributed by atoms with van der Waals surface area (Å²) in [4.78, 5) is 8.71. The zero-order valence-electron chi connectivity index (χ0n) is 9.63. The molecular weight excluding hydrogens is 216 g/mol. The normalized spacial score (nSPS) is 11.2. The van der Waals surface area contributed by atoms with Gasteiger partial charge in [0.2, 0.25) is 0 Å². The summed E-state index contributed by atoms with van der Waals surface area (Å²) in [6.45, 7) is 2.05. The molecule has 0 amide bonds. The van der Waals surface area contributed by atoms with E-state index in [0.29, 0.717) is 0 Å². The number of rotatable bonds is 3. The lowest BCUT2D eigenvalue weighted by Gasteiger charge is -1.89. The summed E-state index contributed by atoms with van der Waals surface area (Å²) in [5.41, 5.74) is 3.66. The second kappa shape index (κ2) is 5.41. The molecule has 1 aliphatic carbocycles. The maximum atomic E-state index is 8.09. The van der Waals surface area contributed by atoms with Crippen LogP contribution in [0.5, 0.6) is 0 Å². The molecule has 1 aromatic carbocycles. The second-order valence-electron chi connectivity index (χ2n) is 3.55. The van der Waals surface area contributed by atoms with Crippen molar-refractivity contribution in [3.63, 3.8) is 0 Å². The molecule has 3 rings (SSSR count). The van der Waals surface area contributed by atoms with Crippen LogP contribution in [0.25, 0.3) is 22.0 Å². The SMILES string of the molecule is CC=NOCCO.c1cc2ncc3cc2cc1-3. The first-order valence-corrected chi connectivity index (χ1v) is 5.46. The van der Waals surface area contributed by atoms with E-state index in [1.807, 2.05) is 6.20 Å². The van der Waals surface area contributed by atoms with Crippen molar-refractivity contribution in [1.29, 1.82) is 0 Å². The molecule has 17 heavy (non-hydrogen) atoms. The first-order valence-electron chi connectivity index (χ1n) is 5.46. The summed E-state index contributed by atoms with van der Waals surface area (Å²) < 4.78 is 0. The number of hydrogen-bond acceptors (Lipinski definition) is 4. The molecule has 0 saturated heterocycles. The van der Waals surface area contributed by atoms with E-state index < -0.39 is 0 Å². The van der Waals surface area contributed by atoms with Crippen LogP contribution in [0.2, 0.25) is 0 Å².